The Hall–Kier alpha value is -1.10. The van der Waals surface area contributed by atoms with E-state index in [1.165, 1.54) is 24.8 Å². The summed E-state index contributed by atoms with van der Waals surface area (Å²) in [7, 11) is 1.75. The highest BCUT2D eigenvalue weighted by Crippen LogP contribution is 2.67. The fraction of sp³-hybridized carbons (Fsp3) is 0.727. The van der Waals surface area contributed by atoms with E-state index in [9.17, 15) is 0 Å². The summed E-state index contributed by atoms with van der Waals surface area (Å²) in [6.07, 6.45) is 5.76. The molecule has 3 aliphatic carbocycles. The summed E-state index contributed by atoms with van der Waals surface area (Å²) in [4.78, 5) is 0. The van der Waals surface area contributed by atoms with Gasteiger partial charge in [-0.25, -0.2) is 0 Å². The quantitative estimate of drug-likeness (QED) is 0.880. The molecule has 0 amide bonds. The van der Waals surface area contributed by atoms with Crippen molar-refractivity contribution in [1.82, 2.24) is 0 Å². The summed E-state index contributed by atoms with van der Waals surface area (Å²) in [5, 5.41) is 0. The third-order valence-corrected chi connectivity index (χ3v) is 8.15. The Balaban J connectivity index is 1.53. The molecular weight excluding hydrogens is 326 g/mol. The van der Waals surface area contributed by atoms with Crippen molar-refractivity contribution in [3.05, 3.63) is 29.3 Å². The van der Waals surface area contributed by atoms with Crippen LogP contribution >= 0.6 is 0 Å². The van der Waals surface area contributed by atoms with Gasteiger partial charge in [-0.3, -0.25) is 0 Å². The van der Waals surface area contributed by atoms with Crippen molar-refractivity contribution < 1.29 is 14.2 Å². The van der Waals surface area contributed by atoms with Gasteiger partial charge in [0.25, 0.3) is 0 Å². The number of hydrogen-bond acceptors (Lipinski definition) is 4. The van der Waals surface area contributed by atoms with E-state index < -0.39 is 0 Å². The molecule has 4 aliphatic rings. The van der Waals surface area contributed by atoms with E-state index >= 15 is 0 Å². The van der Waals surface area contributed by atoms with Crippen molar-refractivity contribution in [2.45, 2.75) is 50.7 Å². The molecule has 1 aliphatic heterocycles. The van der Waals surface area contributed by atoms with Crippen LogP contribution in [0.15, 0.2) is 18.2 Å². The Morgan fingerprint density at radius 1 is 1.23 bits per heavy atom. The molecule has 0 bridgehead atoms. The fourth-order valence-electron chi connectivity index (χ4n) is 7.09. The van der Waals surface area contributed by atoms with Crippen LogP contribution in [0.25, 0.3) is 0 Å². The molecule has 4 nitrogen and oxygen atoms in total. The zero-order chi connectivity index (χ0) is 17.9. The lowest BCUT2D eigenvalue weighted by Crippen LogP contribution is -2.52. The summed E-state index contributed by atoms with van der Waals surface area (Å²) in [5.41, 5.74) is 9.41. The predicted octanol–water partition coefficient (Wildman–Crippen LogP) is 3.48. The van der Waals surface area contributed by atoms with Crippen LogP contribution in [0.2, 0.25) is 0 Å². The molecule has 1 aromatic carbocycles. The van der Waals surface area contributed by atoms with Gasteiger partial charge in [0.1, 0.15) is 5.75 Å². The van der Waals surface area contributed by atoms with E-state index in [2.05, 4.69) is 25.1 Å². The SMILES string of the molecule is COc1ccc2c(c1)CC[C@H]1[C@@H]3[C@@H](CN)CC4(OCCO4)[C@@]3(C)CC[C@H]21. The molecule has 0 radical (unpaired) electrons. The van der Waals surface area contributed by atoms with Crippen LogP contribution in [0.5, 0.6) is 5.75 Å². The van der Waals surface area contributed by atoms with E-state index in [0.717, 1.165) is 38.3 Å². The first-order valence-electron chi connectivity index (χ1n) is 10.3. The van der Waals surface area contributed by atoms with Crippen LogP contribution in [0.3, 0.4) is 0 Å². The van der Waals surface area contributed by atoms with Crippen LogP contribution in [0.1, 0.15) is 49.7 Å². The lowest BCUT2D eigenvalue weighted by molar-refractivity contribution is -0.237. The van der Waals surface area contributed by atoms with E-state index in [1.54, 1.807) is 12.7 Å². The van der Waals surface area contributed by atoms with Crippen molar-refractivity contribution >= 4 is 0 Å². The second kappa shape index (κ2) is 5.95. The first kappa shape index (κ1) is 17.0. The number of hydrogen-bond donors (Lipinski definition) is 1. The van der Waals surface area contributed by atoms with E-state index in [4.69, 9.17) is 19.9 Å². The molecule has 2 saturated carbocycles. The number of benzene rings is 1. The zero-order valence-corrected chi connectivity index (χ0v) is 16.0. The van der Waals surface area contributed by atoms with Gasteiger partial charge in [0.15, 0.2) is 5.79 Å². The first-order valence-corrected chi connectivity index (χ1v) is 10.3. The standard InChI is InChI=1S/C22H31NO3/c1-21-8-7-18-17-6-4-16(24-2)11-14(17)3-5-19(18)20(21)15(13-23)12-22(21)25-9-10-26-22/h4,6,11,15,18-20H,3,5,7-10,12-13,23H2,1-2H3/t15-,18-,19-,20+,21+/m1/s1. The van der Waals surface area contributed by atoms with Crippen LogP contribution in [0, 0.1) is 23.2 Å². The molecule has 1 spiro atoms. The average molecular weight is 357 g/mol. The van der Waals surface area contributed by atoms with Gasteiger partial charge in [0.2, 0.25) is 0 Å². The highest BCUT2D eigenvalue weighted by molar-refractivity contribution is 5.41. The van der Waals surface area contributed by atoms with Gasteiger partial charge >= 0.3 is 0 Å². The number of methoxy groups -OCH3 is 1. The van der Waals surface area contributed by atoms with Gasteiger partial charge < -0.3 is 19.9 Å². The second-order valence-electron chi connectivity index (χ2n) is 9.01. The summed E-state index contributed by atoms with van der Waals surface area (Å²) < 4.78 is 18.0. The van der Waals surface area contributed by atoms with Gasteiger partial charge in [0.05, 0.1) is 20.3 Å². The van der Waals surface area contributed by atoms with Crippen LogP contribution in [-0.2, 0) is 15.9 Å². The first-order chi connectivity index (χ1) is 12.6. The maximum Gasteiger partial charge on any atom is 0.174 e. The summed E-state index contributed by atoms with van der Waals surface area (Å²) >= 11 is 0. The number of aryl methyl sites for hydroxylation is 1. The minimum Gasteiger partial charge on any atom is -0.497 e. The monoisotopic (exact) mass is 357 g/mol. The zero-order valence-electron chi connectivity index (χ0n) is 16.0. The molecule has 2 N–H and O–H groups in total. The van der Waals surface area contributed by atoms with Crippen LogP contribution in [-0.4, -0.2) is 32.7 Å². The van der Waals surface area contributed by atoms with E-state index in [1.807, 2.05) is 0 Å². The number of fused-ring (bicyclic) bond motifs is 6. The van der Waals surface area contributed by atoms with Crippen molar-refractivity contribution in [2.75, 3.05) is 26.9 Å². The number of nitrogens with two attached hydrogens (primary N) is 1. The predicted molar refractivity (Wildman–Crippen MR) is 100 cm³/mol. The highest BCUT2D eigenvalue weighted by atomic mass is 16.7. The Kier molecular flexibility index (Phi) is 3.90. The van der Waals surface area contributed by atoms with E-state index in [-0.39, 0.29) is 11.2 Å². The molecule has 1 saturated heterocycles. The summed E-state index contributed by atoms with van der Waals surface area (Å²) in [5.74, 6) is 3.04. The van der Waals surface area contributed by atoms with Crippen molar-refractivity contribution in [3.8, 4) is 5.75 Å². The maximum atomic E-state index is 6.29. The molecule has 4 heteroatoms. The Labute approximate surface area is 156 Å². The van der Waals surface area contributed by atoms with Crippen molar-refractivity contribution in [2.24, 2.45) is 28.9 Å². The molecule has 142 valence electrons. The highest BCUT2D eigenvalue weighted by Gasteiger charge is 2.68. The maximum absolute atomic E-state index is 6.29. The van der Waals surface area contributed by atoms with Gasteiger partial charge in [-0.1, -0.05) is 13.0 Å². The molecule has 5 rings (SSSR count). The summed E-state index contributed by atoms with van der Waals surface area (Å²) in [6, 6.07) is 6.70. The molecule has 1 heterocycles. The van der Waals surface area contributed by atoms with Crippen molar-refractivity contribution in [3.63, 3.8) is 0 Å². The van der Waals surface area contributed by atoms with Crippen molar-refractivity contribution in [1.29, 1.82) is 0 Å². The largest absolute Gasteiger partial charge is 0.497 e. The van der Waals surface area contributed by atoms with E-state index in [0.29, 0.717) is 23.7 Å². The second-order valence-corrected chi connectivity index (χ2v) is 9.01. The van der Waals surface area contributed by atoms with Gasteiger partial charge in [-0.05, 0) is 79.2 Å². The molecule has 3 fully saturated rings. The van der Waals surface area contributed by atoms with Gasteiger partial charge in [0, 0.05) is 11.8 Å². The minimum absolute atomic E-state index is 0.0959. The molecule has 1 aromatic rings. The van der Waals surface area contributed by atoms with Gasteiger partial charge in [-0.15, -0.1) is 0 Å². The van der Waals surface area contributed by atoms with Crippen LogP contribution in [0.4, 0.5) is 0 Å². The van der Waals surface area contributed by atoms with Crippen LogP contribution < -0.4 is 10.5 Å². The normalized spacial score (nSPS) is 40.1. The molecule has 5 atom stereocenters. The molecule has 0 unspecified atom stereocenters. The fourth-order valence-corrected chi connectivity index (χ4v) is 7.09. The Bertz CT molecular complexity index is 699. The molecule has 26 heavy (non-hydrogen) atoms. The topological polar surface area (TPSA) is 53.7 Å². The lowest BCUT2D eigenvalue weighted by Gasteiger charge is -2.53. The minimum atomic E-state index is -0.382. The lowest BCUT2D eigenvalue weighted by atomic mass is 9.53. The molecule has 0 aromatic heterocycles. The third kappa shape index (κ3) is 2.12. The smallest absolute Gasteiger partial charge is 0.174 e. The van der Waals surface area contributed by atoms with Gasteiger partial charge in [-0.2, -0.15) is 0 Å². The Morgan fingerprint density at radius 2 is 2.04 bits per heavy atom. The molecular formula is C22H31NO3. The number of ether oxygens (including phenoxy) is 3. The average Bonchev–Trinajstić information content (AvgIpc) is 3.25. The third-order valence-electron chi connectivity index (χ3n) is 8.15. The summed E-state index contributed by atoms with van der Waals surface area (Å²) in [6.45, 7) is 4.64. The number of rotatable bonds is 2. The Morgan fingerprint density at radius 3 is 2.77 bits per heavy atom.